The van der Waals surface area contributed by atoms with Crippen molar-refractivity contribution in [2.75, 3.05) is 26.2 Å². The van der Waals surface area contributed by atoms with Crippen LogP contribution in [-0.4, -0.2) is 177 Å². The van der Waals surface area contributed by atoms with Crippen LogP contribution in [0, 0.1) is 5.92 Å². The zero-order valence-electron chi connectivity index (χ0n) is 31.6. The number of carbonyl (C=O) groups excluding carboxylic acids is 9. The highest BCUT2D eigenvalue weighted by Gasteiger charge is 2.41. The highest BCUT2D eigenvalue weighted by atomic mass is 16.4. The van der Waals surface area contributed by atoms with Crippen molar-refractivity contribution >= 4 is 59.0 Å². The molecule has 0 aromatic rings. The summed E-state index contributed by atoms with van der Waals surface area (Å²) in [6.45, 7) is 3.63. The third-order valence-electron chi connectivity index (χ3n) is 8.37. The highest BCUT2D eigenvalue weighted by Crippen LogP contribution is 2.08. The Kier molecular flexibility index (Phi) is 19.8. The minimum absolute atomic E-state index is 0.314. The standard InChI is InChI=1S/C32H51N9O16/c1-6-12(4)16(44)8-34-7-14-25(49)37-15(10-42)26(50)38-18(11(2)3)29(53)40-20(22(46)23(47)24(33)48)30(54)39-19(13(5)43)28(52)35-9-17(45)27(51)41-21(32(56)57)31(55)36-14/h6,11,13-15,17-23,34,42-43,45-47H,7-10H2,1-5H3,(H2,33,48)(H,35,52)(H,36,55)(H,37,49)(H,38,50)(H,39,54)(H,40,53)(H,41,51)(H,56,57)/b12-6-. The molecule has 25 nitrogen and oxygen atoms in total. The number of carbonyl (C=O) groups is 10. The first-order chi connectivity index (χ1) is 26.5. The fourth-order valence-electron chi connectivity index (χ4n) is 4.78. The van der Waals surface area contributed by atoms with E-state index < -0.39 is 152 Å². The SMILES string of the molecule is C/C=C(/C)C(=O)CNCC1NC(=O)C(C(=O)O)NC(=O)C(O)CNC(=O)C(C(C)O)NC(=O)C(C(O)C(O)C(N)=O)NC(=O)C(C(C)C)NC(=O)C(CO)NC1=O. The molecule has 10 atom stereocenters. The number of ketones is 1. The number of rotatable bonds is 12. The third kappa shape index (κ3) is 14.8. The molecule has 1 aliphatic heterocycles. The maximum Gasteiger partial charge on any atom is 0.336 e. The molecule has 16 N–H and O–H groups in total. The van der Waals surface area contributed by atoms with Gasteiger partial charge in [0.15, 0.2) is 11.9 Å². The number of aliphatic hydroxyl groups is 5. The molecule has 0 aromatic carbocycles. The van der Waals surface area contributed by atoms with Crippen molar-refractivity contribution < 1.29 is 78.6 Å². The molecule has 57 heavy (non-hydrogen) atoms. The molecule has 0 saturated carbocycles. The van der Waals surface area contributed by atoms with Crippen molar-refractivity contribution in [2.24, 2.45) is 11.7 Å². The molecule has 0 bridgehead atoms. The second-order valence-corrected chi connectivity index (χ2v) is 13.2. The Bertz CT molecular complexity index is 1570. The number of carboxylic acid groups (broad SMARTS) is 1. The second kappa shape index (κ2) is 22.8. The van der Waals surface area contributed by atoms with Gasteiger partial charge in [0.25, 0.3) is 11.8 Å². The first-order valence-corrected chi connectivity index (χ1v) is 17.3. The lowest BCUT2D eigenvalue weighted by Crippen LogP contribution is -2.66. The largest absolute Gasteiger partial charge is 0.479 e. The first kappa shape index (κ1) is 49.4. The molecule has 320 valence electrons. The van der Waals surface area contributed by atoms with Gasteiger partial charge in [0.05, 0.1) is 25.8 Å². The molecule has 1 rings (SSSR count). The van der Waals surface area contributed by atoms with Gasteiger partial charge in [-0.25, -0.2) is 4.79 Å². The topological polar surface area (TPSA) is 414 Å². The molecule has 1 heterocycles. The molecular formula is C32H51N9O16. The number of β-amino-alcohol motifs (C(OH)–C–C–N with tert-alkyl or cyclic N) is 1. The smallest absolute Gasteiger partial charge is 0.336 e. The first-order valence-electron chi connectivity index (χ1n) is 17.3. The fraction of sp³-hybridized carbons (Fsp3) is 0.625. The van der Waals surface area contributed by atoms with Crippen molar-refractivity contribution in [1.82, 2.24) is 42.5 Å². The van der Waals surface area contributed by atoms with Crippen LogP contribution in [0.25, 0.3) is 0 Å². The van der Waals surface area contributed by atoms with Gasteiger partial charge in [-0.3, -0.25) is 43.2 Å². The van der Waals surface area contributed by atoms with Gasteiger partial charge in [-0.1, -0.05) is 19.9 Å². The van der Waals surface area contributed by atoms with Gasteiger partial charge in [0.2, 0.25) is 41.5 Å². The Morgan fingerprint density at radius 3 is 1.81 bits per heavy atom. The van der Waals surface area contributed by atoms with E-state index >= 15 is 0 Å². The van der Waals surface area contributed by atoms with Crippen LogP contribution in [0.15, 0.2) is 11.6 Å². The van der Waals surface area contributed by atoms with Crippen LogP contribution < -0.4 is 48.3 Å². The van der Waals surface area contributed by atoms with Crippen LogP contribution in [0.2, 0.25) is 0 Å². The molecular weight excluding hydrogens is 766 g/mol. The summed E-state index contributed by atoms with van der Waals surface area (Å²) in [5, 5.41) is 77.9. The number of carboxylic acids is 1. The monoisotopic (exact) mass is 817 g/mol. The lowest BCUT2D eigenvalue weighted by Gasteiger charge is -2.31. The van der Waals surface area contributed by atoms with E-state index in [9.17, 15) is 78.6 Å². The Balaban J connectivity index is 3.78. The molecule has 25 heteroatoms. The van der Waals surface area contributed by atoms with Gasteiger partial charge >= 0.3 is 5.97 Å². The van der Waals surface area contributed by atoms with Crippen LogP contribution in [0.1, 0.15) is 34.6 Å². The van der Waals surface area contributed by atoms with Crippen LogP contribution in [0.5, 0.6) is 0 Å². The van der Waals surface area contributed by atoms with Crippen LogP contribution in [-0.2, 0) is 47.9 Å². The van der Waals surface area contributed by atoms with Crippen molar-refractivity contribution in [3.8, 4) is 0 Å². The Morgan fingerprint density at radius 1 is 0.772 bits per heavy atom. The number of nitrogens with two attached hydrogens (primary N) is 1. The lowest BCUT2D eigenvalue weighted by molar-refractivity contribution is -0.148. The summed E-state index contributed by atoms with van der Waals surface area (Å²) in [6.07, 6.45) is -7.64. The van der Waals surface area contributed by atoms with Crippen LogP contribution in [0.3, 0.4) is 0 Å². The average Bonchev–Trinajstić information content (AvgIpc) is 3.14. The van der Waals surface area contributed by atoms with E-state index in [1.807, 2.05) is 21.3 Å². The summed E-state index contributed by atoms with van der Waals surface area (Å²) in [5.74, 6) is -14.6. The van der Waals surface area contributed by atoms with Gasteiger partial charge in [-0.15, -0.1) is 0 Å². The fourth-order valence-corrected chi connectivity index (χ4v) is 4.78. The van der Waals surface area contributed by atoms with Gasteiger partial charge < -0.3 is 78.9 Å². The zero-order valence-corrected chi connectivity index (χ0v) is 31.6. The summed E-state index contributed by atoms with van der Waals surface area (Å²) in [4.78, 5) is 129. The number of Topliss-reactive ketones (excluding diaryl/α,β-unsaturated/α-hetero) is 1. The molecule has 0 aromatic heterocycles. The quantitative estimate of drug-likeness (QED) is 0.0642. The molecule has 0 spiro atoms. The summed E-state index contributed by atoms with van der Waals surface area (Å²) in [7, 11) is 0. The predicted molar refractivity (Wildman–Crippen MR) is 190 cm³/mol. The van der Waals surface area contributed by atoms with E-state index in [2.05, 4.69) is 16.0 Å². The molecule has 0 aliphatic carbocycles. The van der Waals surface area contributed by atoms with Gasteiger partial charge in [-0.2, -0.15) is 0 Å². The Labute approximate surface area is 324 Å². The minimum Gasteiger partial charge on any atom is -0.479 e. The number of aliphatic hydroxyl groups excluding tert-OH is 5. The number of nitrogens with one attached hydrogen (secondary N) is 8. The van der Waals surface area contributed by atoms with Crippen LogP contribution >= 0.6 is 0 Å². The van der Waals surface area contributed by atoms with Crippen LogP contribution in [0.4, 0.5) is 0 Å². The Morgan fingerprint density at radius 2 is 1.30 bits per heavy atom. The molecule has 8 amide bonds. The van der Waals surface area contributed by atoms with Gasteiger partial charge in [-0.05, 0) is 32.3 Å². The van der Waals surface area contributed by atoms with Gasteiger partial charge in [0.1, 0.15) is 42.4 Å². The number of hydrogen-bond acceptors (Lipinski definition) is 16. The highest BCUT2D eigenvalue weighted by molar-refractivity contribution is 6.06. The number of primary amides is 1. The molecule has 1 saturated heterocycles. The summed E-state index contributed by atoms with van der Waals surface area (Å²) < 4.78 is 0. The molecule has 10 unspecified atom stereocenters. The third-order valence-corrected chi connectivity index (χ3v) is 8.37. The van der Waals surface area contributed by atoms with E-state index in [1.54, 1.807) is 12.2 Å². The van der Waals surface area contributed by atoms with Crippen molar-refractivity contribution in [3.63, 3.8) is 0 Å². The number of amides is 8. The normalized spacial score (nSPS) is 27.0. The number of hydrogen-bond donors (Lipinski definition) is 15. The van der Waals surface area contributed by atoms with Crippen molar-refractivity contribution in [1.29, 1.82) is 0 Å². The van der Waals surface area contributed by atoms with Crippen molar-refractivity contribution in [3.05, 3.63) is 11.6 Å². The molecule has 0 radical (unpaired) electrons. The molecule has 1 aliphatic rings. The Hall–Kier alpha value is -5.60. The van der Waals surface area contributed by atoms with E-state index in [-0.39, 0.29) is 0 Å². The summed E-state index contributed by atoms with van der Waals surface area (Å²) in [6, 6.07) is -12.3. The van der Waals surface area contributed by atoms with Gasteiger partial charge in [0, 0.05) is 6.54 Å². The van der Waals surface area contributed by atoms with E-state index in [0.717, 1.165) is 6.92 Å². The summed E-state index contributed by atoms with van der Waals surface area (Å²) >= 11 is 0. The van der Waals surface area contributed by atoms with E-state index in [1.165, 1.54) is 26.8 Å². The predicted octanol–water partition coefficient (Wildman–Crippen LogP) is -9.17. The maximum atomic E-state index is 13.5. The lowest BCUT2D eigenvalue weighted by atomic mass is 9.99. The zero-order chi connectivity index (χ0) is 43.9. The van der Waals surface area contributed by atoms with Crippen molar-refractivity contribution in [2.45, 2.75) is 95.3 Å². The summed E-state index contributed by atoms with van der Waals surface area (Å²) in [5.41, 5.74) is 5.36. The average molecular weight is 818 g/mol. The molecule has 1 fully saturated rings. The minimum atomic E-state index is -2.52. The van der Waals surface area contributed by atoms with E-state index in [0.29, 0.717) is 5.57 Å². The number of aliphatic carboxylic acids is 1. The number of allylic oxidation sites excluding steroid dienone is 1. The second-order valence-electron chi connectivity index (χ2n) is 13.2. The maximum absolute atomic E-state index is 13.5. The van der Waals surface area contributed by atoms with E-state index in [4.69, 9.17) is 5.73 Å².